The first-order chi connectivity index (χ1) is 9.12. The third-order valence-corrected chi connectivity index (χ3v) is 3.52. The second-order valence-corrected chi connectivity index (χ2v) is 4.77. The highest BCUT2D eigenvalue weighted by Crippen LogP contribution is 2.19. The first-order valence-electron chi connectivity index (χ1n) is 6.79. The van der Waals surface area contributed by atoms with E-state index in [1.165, 1.54) is 0 Å². The summed E-state index contributed by atoms with van der Waals surface area (Å²) < 4.78 is 0. The largest absolute Gasteiger partial charge is 0.398 e. The number of nitriles is 1. The minimum absolute atomic E-state index is 0.302. The molecule has 1 atom stereocenters. The zero-order chi connectivity index (χ0) is 14.3. The molecule has 1 aromatic carbocycles. The number of hydrogen-bond acceptors (Lipinski definition) is 4. The van der Waals surface area contributed by atoms with E-state index < -0.39 is 0 Å². The Morgan fingerprint density at radius 3 is 2.63 bits per heavy atom. The van der Waals surface area contributed by atoms with Crippen molar-refractivity contribution < 1.29 is 5.11 Å². The zero-order valence-corrected chi connectivity index (χ0v) is 11.7. The normalized spacial score (nSPS) is 12.2. The summed E-state index contributed by atoms with van der Waals surface area (Å²) in [4.78, 5) is 0. The van der Waals surface area contributed by atoms with E-state index in [1.54, 1.807) is 6.07 Å². The van der Waals surface area contributed by atoms with Crippen LogP contribution in [-0.2, 0) is 6.42 Å². The van der Waals surface area contributed by atoms with Gasteiger partial charge in [-0.3, -0.25) is 0 Å². The number of hydrogen-bond donors (Lipinski definition) is 3. The van der Waals surface area contributed by atoms with Gasteiger partial charge in [-0.25, -0.2) is 0 Å². The van der Waals surface area contributed by atoms with Gasteiger partial charge in [0.15, 0.2) is 0 Å². The molecule has 0 aromatic heterocycles. The van der Waals surface area contributed by atoms with E-state index >= 15 is 0 Å². The fourth-order valence-corrected chi connectivity index (χ4v) is 2.18. The molecule has 0 bridgehead atoms. The summed E-state index contributed by atoms with van der Waals surface area (Å²) >= 11 is 0. The van der Waals surface area contributed by atoms with Crippen LogP contribution in [0.3, 0.4) is 0 Å². The molecule has 104 valence electrons. The summed E-state index contributed by atoms with van der Waals surface area (Å²) in [5.41, 5.74) is 8.14. The van der Waals surface area contributed by atoms with E-state index in [0.29, 0.717) is 24.6 Å². The minimum Gasteiger partial charge on any atom is -0.398 e. The molecule has 4 nitrogen and oxygen atoms in total. The molecule has 4 heteroatoms. The predicted octanol–water partition coefficient (Wildman–Crippen LogP) is 2.54. The van der Waals surface area contributed by atoms with Crippen LogP contribution >= 0.6 is 0 Å². The van der Waals surface area contributed by atoms with E-state index in [-0.39, 0.29) is 6.10 Å². The Morgan fingerprint density at radius 1 is 1.37 bits per heavy atom. The SMILES string of the molecule is CCC(CC)C(O)CNc1ccc(N)c(CC#N)c1. The predicted molar refractivity (Wildman–Crippen MR) is 78.7 cm³/mol. The average molecular weight is 261 g/mol. The van der Waals surface area contributed by atoms with E-state index in [1.807, 2.05) is 12.1 Å². The van der Waals surface area contributed by atoms with Crippen LogP contribution in [0.5, 0.6) is 0 Å². The second kappa shape index (κ2) is 7.65. The summed E-state index contributed by atoms with van der Waals surface area (Å²) in [7, 11) is 0. The van der Waals surface area contributed by atoms with Crippen LogP contribution in [0.15, 0.2) is 18.2 Å². The van der Waals surface area contributed by atoms with Gasteiger partial charge in [-0.05, 0) is 29.7 Å². The number of nitrogen functional groups attached to an aromatic ring is 1. The minimum atomic E-state index is -0.355. The number of anilines is 2. The van der Waals surface area contributed by atoms with Gasteiger partial charge in [-0.2, -0.15) is 5.26 Å². The van der Waals surface area contributed by atoms with Crippen molar-refractivity contribution in [2.45, 2.75) is 39.2 Å². The van der Waals surface area contributed by atoms with Crippen molar-refractivity contribution in [3.63, 3.8) is 0 Å². The fraction of sp³-hybridized carbons (Fsp3) is 0.533. The molecule has 0 amide bonds. The van der Waals surface area contributed by atoms with Gasteiger partial charge in [0.1, 0.15) is 0 Å². The Bertz CT molecular complexity index is 436. The smallest absolute Gasteiger partial charge is 0.0740 e. The van der Waals surface area contributed by atoms with Gasteiger partial charge in [0.2, 0.25) is 0 Å². The summed E-state index contributed by atoms with van der Waals surface area (Å²) in [6.07, 6.45) is 1.89. The Morgan fingerprint density at radius 2 is 2.05 bits per heavy atom. The van der Waals surface area contributed by atoms with Crippen molar-refractivity contribution in [1.29, 1.82) is 5.26 Å². The number of aliphatic hydroxyl groups excluding tert-OH is 1. The second-order valence-electron chi connectivity index (χ2n) is 4.77. The number of nitrogens with one attached hydrogen (secondary N) is 1. The molecule has 0 aliphatic rings. The van der Waals surface area contributed by atoms with Gasteiger partial charge in [0.25, 0.3) is 0 Å². The van der Waals surface area contributed by atoms with E-state index in [2.05, 4.69) is 25.2 Å². The molecule has 0 heterocycles. The average Bonchev–Trinajstić information content (AvgIpc) is 2.41. The quantitative estimate of drug-likeness (QED) is 0.659. The molecular weight excluding hydrogens is 238 g/mol. The van der Waals surface area contributed by atoms with Crippen LogP contribution in [0.2, 0.25) is 0 Å². The highest BCUT2D eigenvalue weighted by molar-refractivity contribution is 5.58. The van der Waals surface area contributed by atoms with E-state index in [4.69, 9.17) is 11.0 Å². The first-order valence-corrected chi connectivity index (χ1v) is 6.79. The lowest BCUT2D eigenvalue weighted by Gasteiger charge is -2.21. The molecule has 0 spiro atoms. The number of nitrogens with zero attached hydrogens (tertiary/aromatic N) is 1. The third-order valence-electron chi connectivity index (χ3n) is 3.52. The fourth-order valence-electron chi connectivity index (χ4n) is 2.18. The van der Waals surface area contributed by atoms with E-state index in [0.717, 1.165) is 24.1 Å². The van der Waals surface area contributed by atoms with Crippen LogP contribution in [0.1, 0.15) is 32.3 Å². The number of aliphatic hydroxyl groups is 1. The highest BCUT2D eigenvalue weighted by atomic mass is 16.3. The number of rotatable bonds is 7. The molecule has 0 aliphatic heterocycles. The van der Waals surface area contributed by atoms with Crippen LogP contribution in [0.25, 0.3) is 0 Å². The van der Waals surface area contributed by atoms with Crippen LogP contribution in [0.4, 0.5) is 11.4 Å². The summed E-state index contributed by atoms with van der Waals surface area (Å²) in [5, 5.41) is 22.0. The maximum Gasteiger partial charge on any atom is 0.0740 e. The molecule has 1 unspecified atom stereocenters. The van der Waals surface area contributed by atoms with Gasteiger partial charge >= 0.3 is 0 Å². The van der Waals surface area contributed by atoms with Gasteiger partial charge in [0.05, 0.1) is 18.6 Å². The first kappa shape index (κ1) is 15.3. The van der Waals surface area contributed by atoms with Crippen LogP contribution < -0.4 is 11.1 Å². The summed E-state index contributed by atoms with van der Waals surface area (Å²) in [6, 6.07) is 7.63. The van der Waals surface area contributed by atoms with Crippen LogP contribution in [-0.4, -0.2) is 17.8 Å². The lowest BCUT2D eigenvalue weighted by Crippen LogP contribution is -2.27. The molecule has 19 heavy (non-hydrogen) atoms. The van der Waals surface area contributed by atoms with Crippen molar-refractivity contribution in [3.05, 3.63) is 23.8 Å². The molecule has 0 saturated carbocycles. The van der Waals surface area contributed by atoms with Gasteiger partial charge in [0, 0.05) is 17.9 Å². The molecule has 4 N–H and O–H groups in total. The Hall–Kier alpha value is -1.73. The number of benzene rings is 1. The Balaban J connectivity index is 2.63. The third kappa shape index (κ3) is 4.46. The highest BCUT2D eigenvalue weighted by Gasteiger charge is 2.15. The van der Waals surface area contributed by atoms with Crippen molar-refractivity contribution in [3.8, 4) is 6.07 Å². The maximum absolute atomic E-state index is 10.1. The van der Waals surface area contributed by atoms with Crippen molar-refractivity contribution in [2.24, 2.45) is 5.92 Å². The molecular formula is C15H23N3O. The molecule has 0 radical (unpaired) electrons. The van der Waals surface area contributed by atoms with E-state index in [9.17, 15) is 5.11 Å². The van der Waals surface area contributed by atoms with Crippen molar-refractivity contribution in [1.82, 2.24) is 0 Å². The standard InChI is InChI=1S/C15H23N3O/c1-3-11(4-2)15(19)10-18-13-5-6-14(17)12(9-13)7-8-16/h5-6,9,11,15,18-19H,3-4,7,10,17H2,1-2H3. The van der Waals surface area contributed by atoms with Crippen LogP contribution in [0, 0.1) is 17.2 Å². The van der Waals surface area contributed by atoms with Gasteiger partial charge in [-0.1, -0.05) is 26.7 Å². The summed E-state index contributed by atoms with van der Waals surface area (Å²) in [6.45, 7) is 4.69. The Kier molecular flexibility index (Phi) is 6.17. The van der Waals surface area contributed by atoms with Crippen molar-refractivity contribution in [2.75, 3.05) is 17.6 Å². The molecule has 1 aromatic rings. The Labute approximate surface area is 115 Å². The molecule has 0 saturated heterocycles. The topological polar surface area (TPSA) is 82.1 Å². The summed E-state index contributed by atoms with van der Waals surface area (Å²) in [5.74, 6) is 0.319. The van der Waals surface area contributed by atoms with Gasteiger partial charge in [-0.15, -0.1) is 0 Å². The maximum atomic E-state index is 10.1. The monoisotopic (exact) mass is 261 g/mol. The van der Waals surface area contributed by atoms with Gasteiger partial charge < -0.3 is 16.2 Å². The van der Waals surface area contributed by atoms with Crippen molar-refractivity contribution >= 4 is 11.4 Å². The lowest BCUT2D eigenvalue weighted by molar-refractivity contribution is 0.114. The molecule has 0 fully saturated rings. The molecule has 1 rings (SSSR count). The molecule has 0 aliphatic carbocycles. The zero-order valence-electron chi connectivity index (χ0n) is 11.7. The number of nitrogens with two attached hydrogens (primary N) is 1. The lowest BCUT2D eigenvalue weighted by atomic mass is 9.96.